The van der Waals surface area contributed by atoms with E-state index < -0.39 is 6.04 Å². The topological polar surface area (TPSA) is 114 Å². The summed E-state index contributed by atoms with van der Waals surface area (Å²) >= 11 is 0. The van der Waals surface area contributed by atoms with Crippen LogP contribution in [0.3, 0.4) is 0 Å². The molecule has 1 aliphatic carbocycles. The van der Waals surface area contributed by atoms with Crippen molar-refractivity contribution in [3.8, 4) is 6.07 Å². The van der Waals surface area contributed by atoms with Crippen LogP contribution >= 0.6 is 0 Å². The number of rotatable bonds is 5. The second-order valence-corrected chi connectivity index (χ2v) is 10.2. The molecular weight excluding hydrogens is 432 g/mol. The van der Waals surface area contributed by atoms with E-state index in [0.29, 0.717) is 31.6 Å². The highest BCUT2D eigenvalue weighted by molar-refractivity contribution is 5.94. The van der Waals surface area contributed by atoms with E-state index in [0.717, 1.165) is 36.8 Å². The van der Waals surface area contributed by atoms with E-state index in [2.05, 4.69) is 11.0 Å². The normalized spacial score (nSPS) is 28.8. The number of benzene rings is 1. The lowest BCUT2D eigenvalue weighted by atomic mass is 10.0. The molecule has 3 fully saturated rings. The summed E-state index contributed by atoms with van der Waals surface area (Å²) in [6.45, 7) is 1.63. The molecular formula is C25H32N6O3. The van der Waals surface area contributed by atoms with E-state index >= 15 is 0 Å². The largest absolute Gasteiger partial charge is 0.345 e. The zero-order valence-corrected chi connectivity index (χ0v) is 19.8. The van der Waals surface area contributed by atoms with Crippen molar-refractivity contribution in [3.63, 3.8) is 0 Å². The lowest BCUT2D eigenvalue weighted by Gasteiger charge is -2.38. The molecule has 5 atom stereocenters. The van der Waals surface area contributed by atoms with Gasteiger partial charge in [-0.15, -0.1) is 0 Å². The van der Waals surface area contributed by atoms with Crippen molar-refractivity contribution in [2.75, 3.05) is 33.7 Å². The van der Waals surface area contributed by atoms with Crippen molar-refractivity contribution in [1.29, 1.82) is 5.26 Å². The van der Waals surface area contributed by atoms with E-state index in [9.17, 15) is 19.6 Å². The van der Waals surface area contributed by atoms with Crippen LogP contribution in [0.1, 0.15) is 53.2 Å². The minimum absolute atomic E-state index is 0.0147. The number of fused-ring (bicyclic) bond motifs is 3. The number of amides is 3. The molecule has 1 aromatic rings. The SMILES string of the molecule is CN(C)C(=O)c1ccc2c(c1)CC[C@@H]2N1C(=O)[C@H]2CC1CN2C[C@H](N)C(=O)N1CCC[C@H]1C#N. The van der Waals surface area contributed by atoms with Gasteiger partial charge in [-0.05, 0) is 55.4 Å². The fraction of sp³-hybridized carbons (Fsp3) is 0.600. The minimum Gasteiger partial charge on any atom is -0.345 e. The first-order valence-electron chi connectivity index (χ1n) is 12.2. The predicted octanol–water partition coefficient (Wildman–Crippen LogP) is 0.503. The van der Waals surface area contributed by atoms with E-state index in [-0.39, 0.29) is 41.9 Å². The molecule has 3 amide bonds. The molecule has 2 bridgehead atoms. The van der Waals surface area contributed by atoms with Crippen molar-refractivity contribution < 1.29 is 14.4 Å². The predicted molar refractivity (Wildman–Crippen MR) is 124 cm³/mol. The number of piperazine rings is 1. The van der Waals surface area contributed by atoms with Gasteiger partial charge in [-0.1, -0.05) is 6.07 Å². The highest BCUT2D eigenvalue weighted by Crippen LogP contribution is 2.44. The highest BCUT2D eigenvalue weighted by atomic mass is 16.2. The summed E-state index contributed by atoms with van der Waals surface area (Å²) in [5.74, 6) is -0.0960. The molecule has 3 saturated heterocycles. The summed E-state index contributed by atoms with van der Waals surface area (Å²) < 4.78 is 0. The Morgan fingerprint density at radius 3 is 2.76 bits per heavy atom. The average Bonchev–Trinajstić information content (AvgIpc) is 3.60. The Balaban J connectivity index is 1.25. The summed E-state index contributed by atoms with van der Waals surface area (Å²) in [5, 5.41) is 9.28. The number of nitriles is 1. The van der Waals surface area contributed by atoms with Crippen LogP contribution in [0.15, 0.2) is 18.2 Å². The minimum atomic E-state index is -0.727. The molecule has 0 aromatic heterocycles. The van der Waals surface area contributed by atoms with Crippen LogP contribution in [0.2, 0.25) is 0 Å². The summed E-state index contributed by atoms with van der Waals surface area (Å²) in [4.78, 5) is 45.8. The zero-order valence-electron chi connectivity index (χ0n) is 19.8. The van der Waals surface area contributed by atoms with E-state index in [1.165, 1.54) is 0 Å². The van der Waals surface area contributed by atoms with Gasteiger partial charge < -0.3 is 20.4 Å². The maximum atomic E-state index is 13.4. The van der Waals surface area contributed by atoms with Crippen molar-refractivity contribution in [3.05, 3.63) is 34.9 Å². The first kappa shape index (κ1) is 22.8. The van der Waals surface area contributed by atoms with E-state index in [1.54, 1.807) is 23.9 Å². The number of nitrogens with zero attached hydrogens (tertiary/aromatic N) is 5. The van der Waals surface area contributed by atoms with Gasteiger partial charge in [0.15, 0.2) is 0 Å². The molecule has 3 heterocycles. The molecule has 3 aliphatic heterocycles. The second-order valence-electron chi connectivity index (χ2n) is 10.2. The lowest BCUT2D eigenvalue weighted by Crippen LogP contribution is -2.56. The molecule has 9 nitrogen and oxygen atoms in total. The van der Waals surface area contributed by atoms with E-state index in [4.69, 9.17) is 5.73 Å². The number of nitrogens with two attached hydrogens (primary N) is 1. The van der Waals surface area contributed by atoms with Gasteiger partial charge >= 0.3 is 0 Å². The third-order valence-electron chi connectivity index (χ3n) is 7.93. The molecule has 34 heavy (non-hydrogen) atoms. The third kappa shape index (κ3) is 3.65. The van der Waals surface area contributed by atoms with Crippen molar-refractivity contribution in [2.24, 2.45) is 5.73 Å². The Morgan fingerprint density at radius 2 is 2.06 bits per heavy atom. The molecule has 180 valence electrons. The number of carbonyl (C=O) groups is 3. The Bertz CT molecular complexity index is 1070. The summed E-state index contributed by atoms with van der Waals surface area (Å²) in [6.07, 6.45) is 4.01. The monoisotopic (exact) mass is 464 g/mol. The van der Waals surface area contributed by atoms with Gasteiger partial charge in [0.25, 0.3) is 5.91 Å². The van der Waals surface area contributed by atoms with Crippen LogP contribution in [-0.4, -0.2) is 95.2 Å². The van der Waals surface area contributed by atoms with Crippen LogP contribution in [0.5, 0.6) is 0 Å². The van der Waals surface area contributed by atoms with Crippen LogP contribution in [0.4, 0.5) is 0 Å². The van der Waals surface area contributed by atoms with Crippen molar-refractivity contribution >= 4 is 17.7 Å². The lowest BCUT2D eigenvalue weighted by molar-refractivity contribution is -0.141. The van der Waals surface area contributed by atoms with Crippen LogP contribution in [-0.2, 0) is 16.0 Å². The number of aryl methyl sites for hydroxylation is 1. The molecule has 0 saturated carbocycles. The van der Waals surface area contributed by atoms with Crippen LogP contribution in [0, 0.1) is 11.3 Å². The van der Waals surface area contributed by atoms with Gasteiger partial charge in [0, 0.05) is 45.3 Å². The number of carbonyl (C=O) groups excluding carboxylic acids is 3. The van der Waals surface area contributed by atoms with Crippen LogP contribution in [0.25, 0.3) is 0 Å². The zero-order chi connectivity index (χ0) is 24.1. The fourth-order valence-corrected chi connectivity index (χ4v) is 6.28. The highest BCUT2D eigenvalue weighted by Gasteiger charge is 2.53. The molecule has 0 radical (unpaired) electrons. The Kier molecular flexibility index (Phi) is 5.82. The van der Waals surface area contributed by atoms with Gasteiger partial charge in [-0.2, -0.15) is 5.26 Å². The quantitative estimate of drug-likeness (QED) is 0.679. The molecule has 0 spiro atoms. The molecule has 2 N–H and O–H groups in total. The fourth-order valence-electron chi connectivity index (χ4n) is 6.28. The number of hydrogen-bond acceptors (Lipinski definition) is 6. The maximum Gasteiger partial charge on any atom is 0.253 e. The average molecular weight is 465 g/mol. The van der Waals surface area contributed by atoms with Crippen LogP contribution < -0.4 is 5.73 Å². The Morgan fingerprint density at radius 1 is 1.26 bits per heavy atom. The number of hydrogen-bond donors (Lipinski definition) is 1. The maximum absolute atomic E-state index is 13.4. The Labute approximate surface area is 200 Å². The van der Waals surface area contributed by atoms with E-state index in [1.807, 2.05) is 23.1 Å². The summed E-state index contributed by atoms with van der Waals surface area (Å²) in [7, 11) is 3.49. The Hall–Kier alpha value is -2.96. The molecule has 4 aliphatic rings. The molecule has 1 unspecified atom stereocenters. The van der Waals surface area contributed by atoms with Gasteiger partial charge in [0.1, 0.15) is 6.04 Å². The number of likely N-dealkylation sites (tertiary alicyclic amines) is 3. The van der Waals surface area contributed by atoms with Crippen molar-refractivity contribution in [2.45, 2.75) is 62.3 Å². The van der Waals surface area contributed by atoms with Crippen molar-refractivity contribution in [1.82, 2.24) is 19.6 Å². The first-order valence-corrected chi connectivity index (χ1v) is 12.2. The third-order valence-corrected chi connectivity index (χ3v) is 7.93. The molecule has 1 aromatic carbocycles. The van der Waals surface area contributed by atoms with Gasteiger partial charge in [-0.3, -0.25) is 19.3 Å². The first-order chi connectivity index (χ1) is 16.3. The van der Waals surface area contributed by atoms with Gasteiger partial charge in [-0.25, -0.2) is 0 Å². The standard InChI is InChI=1S/C25H32N6O3/c1-28(2)23(32)16-5-7-19-15(10-16)6-8-21(19)31-18-11-22(25(31)34)29(13-18)14-20(27)24(33)30-9-3-4-17(30)12-26/h5,7,10,17-18,20-22H,3-4,6,8-9,11,13-14,27H2,1-2H3/t17-,18?,20-,21-,22+/m0/s1. The summed E-state index contributed by atoms with van der Waals surface area (Å²) in [6, 6.07) is 6.83. The van der Waals surface area contributed by atoms with Gasteiger partial charge in [0.2, 0.25) is 11.8 Å². The molecule has 9 heteroatoms. The second kappa shape index (κ2) is 8.67. The smallest absolute Gasteiger partial charge is 0.253 e. The summed E-state index contributed by atoms with van der Waals surface area (Å²) in [5.41, 5.74) is 9.23. The van der Waals surface area contributed by atoms with Gasteiger partial charge in [0.05, 0.1) is 24.2 Å². The molecule has 5 rings (SSSR count).